The number of fused-ring (bicyclic) bond motifs is 1. The Morgan fingerprint density at radius 2 is 2.05 bits per heavy atom. The second-order valence-corrected chi connectivity index (χ2v) is 5.40. The average Bonchev–Trinajstić information content (AvgIpc) is 2.82. The van der Waals surface area contributed by atoms with E-state index in [2.05, 4.69) is 5.10 Å². The van der Waals surface area contributed by atoms with Gasteiger partial charge in [-0.1, -0.05) is 0 Å². The molecule has 0 spiro atoms. The maximum absolute atomic E-state index is 13.4. The van der Waals surface area contributed by atoms with Crippen molar-refractivity contribution in [3.05, 3.63) is 24.1 Å². The standard InChI is InChI=1S/C14H18FN3O/c15-12-6-14-10(5-13(12)16)7-18(17-14)11-3-1-9(8-19)2-4-11/h5-7,9,11,19H,1-4,8,16H2/t9-,11-. The van der Waals surface area contributed by atoms with Crippen LogP contribution in [0.1, 0.15) is 31.7 Å². The molecule has 4 nitrogen and oxygen atoms in total. The van der Waals surface area contributed by atoms with Crippen LogP contribution >= 0.6 is 0 Å². The summed E-state index contributed by atoms with van der Waals surface area (Å²) in [5.74, 6) is 0.0102. The minimum atomic E-state index is -0.415. The lowest BCUT2D eigenvalue weighted by molar-refractivity contribution is 0.165. The summed E-state index contributed by atoms with van der Waals surface area (Å²) in [7, 11) is 0. The SMILES string of the molecule is Nc1cc2cn([C@H]3CC[C@H](CO)CC3)nc2cc1F. The summed E-state index contributed by atoms with van der Waals surface area (Å²) in [5, 5.41) is 14.5. The van der Waals surface area contributed by atoms with Gasteiger partial charge in [-0.2, -0.15) is 5.10 Å². The van der Waals surface area contributed by atoms with Gasteiger partial charge >= 0.3 is 0 Å². The van der Waals surface area contributed by atoms with Crippen LogP contribution < -0.4 is 5.73 Å². The molecule has 3 rings (SSSR count). The predicted octanol–water partition coefficient (Wildman–Crippen LogP) is 2.48. The fraction of sp³-hybridized carbons (Fsp3) is 0.500. The van der Waals surface area contributed by atoms with Gasteiger partial charge in [0.05, 0.1) is 17.2 Å². The molecule has 1 aromatic heterocycles. The zero-order valence-corrected chi connectivity index (χ0v) is 10.7. The third-order valence-corrected chi connectivity index (χ3v) is 4.09. The van der Waals surface area contributed by atoms with Crippen molar-refractivity contribution in [3.63, 3.8) is 0 Å². The lowest BCUT2D eigenvalue weighted by Gasteiger charge is -2.27. The van der Waals surface area contributed by atoms with Crippen LogP contribution in [-0.4, -0.2) is 21.5 Å². The van der Waals surface area contributed by atoms with Crippen molar-refractivity contribution in [2.75, 3.05) is 12.3 Å². The Bertz CT molecular complexity index is 549. The van der Waals surface area contributed by atoms with Gasteiger partial charge in [-0.05, 0) is 37.7 Å². The Labute approximate surface area is 111 Å². The molecule has 1 heterocycles. The normalized spacial score (nSPS) is 23.9. The molecule has 0 saturated heterocycles. The molecule has 0 radical (unpaired) electrons. The highest BCUT2D eigenvalue weighted by atomic mass is 19.1. The third-order valence-electron chi connectivity index (χ3n) is 4.09. The van der Waals surface area contributed by atoms with Crippen molar-refractivity contribution >= 4 is 16.6 Å². The molecule has 0 aliphatic heterocycles. The fourth-order valence-corrected chi connectivity index (χ4v) is 2.86. The van der Waals surface area contributed by atoms with Crippen LogP contribution in [0.15, 0.2) is 18.3 Å². The van der Waals surface area contributed by atoms with Crippen LogP contribution in [0, 0.1) is 11.7 Å². The summed E-state index contributed by atoms with van der Waals surface area (Å²) in [5.41, 5.74) is 6.38. The third kappa shape index (κ3) is 2.30. The van der Waals surface area contributed by atoms with E-state index in [0.29, 0.717) is 17.5 Å². The first-order chi connectivity index (χ1) is 9.17. The van der Waals surface area contributed by atoms with Gasteiger partial charge in [0.1, 0.15) is 5.82 Å². The maximum Gasteiger partial charge on any atom is 0.148 e. The van der Waals surface area contributed by atoms with E-state index in [1.807, 2.05) is 10.9 Å². The number of benzene rings is 1. The molecule has 1 fully saturated rings. The molecular weight excluding hydrogens is 245 g/mol. The number of rotatable bonds is 2. The Morgan fingerprint density at radius 1 is 1.32 bits per heavy atom. The van der Waals surface area contributed by atoms with E-state index in [1.54, 1.807) is 6.07 Å². The minimum Gasteiger partial charge on any atom is -0.396 e. The van der Waals surface area contributed by atoms with E-state index in [-0.39, 0.29) is 12.3 Å². The van der Waals surface area contributed by atoms with Crippen molar-refractivity contribution in [3.8, 4) is 0 Å². The second-order valence-electron chi connectivity index (χ2n) is 5.40. The highest BCUT2D eigenvalue weighted by Crippen LogP contribution is 2.32. The summed E-state index contributed by atoms with van der Waals surface area (Å²) < 4.78 is 15.3. The molecule has 19 heavy (non-hydrogen) atoms. The molecule has 3 N–H and O–H groups in total. The van der Waals surface area contributed by atoms with Crippen molar-refractivity contribution in [2.24, 2.45) is 5.92 Å². The topological polar surface area (TPSA) is 64.1 Å². The van der Waals surface area contributed by atoms with Gasteiger partial charge in [-0.15, -0.1) is 0 Å². The highest BCUT2D eigenvalue weighted by molar-refractivity contribution is 5.81. The van der Waals surface area contributed by atoms with Gasteiger partial charge in [0.2, 0.25) is 0 Å². The number of nitrogen functional groups attached to an aromatic ring is 1. The molecule has 1 aliphatic carbocycles. The van der Waals surface area contributed by atoms with Crippen molar-refractivity contribution in [2.45, 2.75) is 31.7 Å². The van der Waals surface area contributed by atoms with Gasteiger partial charge in [-0.3, -0.25) is 4.68 Å². The molecule has 102 valence electrons. The van der Waals surface area contributed by atoms with Gasteiger partial charge in [0.25, 0.3) is 0 Å². The van der Waals surface area contributed by atoms with Crippen LogP contribution in [0.5, 0.6) is 0 Å². The van der Waals surface area contributed by atoms with Gasteiger partial charge in [0, 0.05) is 24.3 Å². The maximum atomic E-state index is 13.4. The molecule has 0 bridgehead atoms. The summed E-state index contributed by atoms with van der Waals surface area (Å²) in [6, 6.07) is 3.37. The number of halogens is 1. The zero-order valence-electron chi connectivity index (χ0n) is 10.7. The Hall–Kier alpha value is -1.62. The monoisotopic (exact) mass is 263 g/mol. The Balaban J connectivity index is 1.86. The Kier molecular flexibility index (Phi) is 3.14. The van der Waals surface area contributed by atoms with Crippen LogP contribution in [0.3, 0.4) is 0 Å². The fourth-order valence-electron chi connectivity index (χ4n) is 2.86. The molecule has 0 unspecified atom stereocenters. The molecule has 0 amide bonds. The van der Waals surface area contributed by atoms with Gasteiger partial charge in [-0.25, -0.2) is 4.39 Å². The second kappa shape index (κ2) is 4.81. The van der Waals surface area contributed by atoms with Crippen LogP contribution in [0.4, 0.5) is 10.1 Å². The zero-order chi connectivity index (χ0) is 13.4. The molecule has 1 aliphatic rings. The van der Waals surface area contributed by atoms with Crippen LogP contribution in [0.2, 0.25) is 0 Å². The van der Waals surface area contributed by atoms with E-state index in [4.69, 9.17) is 10.8 Å². The lowest BCUT2D eigenvalue weighted by atomic mass is 9.87. The first-order valence-corrected chi connectivity index (χ1v) is 6.72. The van der Waals surface area contributed by atoms with Crippen molar-refractivity contribution in [1.82, 2.24) is 9.78 Å². The first kappa shape index (κ1) is 12.4. The predicted molar refractivity (Wildman–Crippen MR) is 72.2 cm³/mol. The molecule has 0 atom stereocenters. The quantitative estimate of drug-likeness (QED) is 0.818. The largest absolute Gasteiger partial charge is 0.396 e. The summed E-state index contributed by atoms with van der Waals surface area (Å²) in [6.45, 7) is 0.273. The summed E-state index contributed by atoms with van der Waals surface area (Å²) in [6.07, 6.45) is 6.01. The highest BCUT2D eigenvalue weighted by Gasteiger charge is 2.22. The van der Waals surface area contributed by atoms with E-state index < -0.39 is 5.82 Å². The smallest absolute Gasteiger partial charge is 0.148 e. The number of aromatic nitrogens is 2. The minimum absolute atomic E-state index is 0.163. The number of hydrogen-bond acceptors (Lipinski definition) is 3. The number of aliphatic hydroxyl groups is 1. The van der Waals surface area contributed by atoms with Crippen molar-refractivity contribution < 1.29 is 9.50 Å². The molecule has 1 aromatic carbocycles. The number of hydrogen-bond donors (Lipinski definition) is 2. The number of anilines is 1. The van der Waals surface area contributed by atoms with E-state index in [0.717, 1.165) is 31.1 Å². The molecule has 1 saturated carbocycles. The molecule has 2 aromatic rings. The average molecular weight is 263 g/mol. The van der Waals surface area contributed by atoms with Crippen molar-refractivity contribution in [1.29, 1.82) is 0 Å². The van der Waals surface area contributed by atoms with E-state index >= 15 is 0 Å². The molecule has 5 heteroatoms. The Morgan fingerprint density at radius 3 is 2.74 bits per heavy atom. The van der Waals surface area contributed by atoms with Gasteiger partial charge in [0.15, 0.2) is 0 Å². The molecular formula is C14H18FN3O. The van der Waals surface area contributed by atoms with E-state index in [9.17, 15) is 4.39 Å². The van der Waals surface area contributed by atoms with Gasteiger partial charge < -0.3 is 10.8 Å². The lowest BCUT2D eigenvalue weighted by Crippen LogP contribution is -2.20. The first-order valence-electron chi connectivity index (χ1n) is 6.72. The van der Waals surface area contributed by atoms with E-state index in [1.165, 1.54) is 6.07 Å². The summed E-state index contributed by atoms with van der Waals surface area (Å²) >= 11 is 0. The number of nitrogens with zero attached hydrogens (tertiary/aromatic N) is 2. The van der Waals surface area contributed by atoms with Crippen LogP contribution in [0.25, 0.3) is 10.9 Å². The number of aliphatic hydroxyl groups excluding tert-OH is 1. The summed E-state index contributed by atoms with van der Waals surface area (Å²) in [4.78, 5) is 0. The number of nitrogens with two attached hydrogens (primary N) is 1. The van der Waals surface area contributed by atoms with Crippen LogP contribution in [-0.2, 0) is 0 Å².